The molecule has 0 fully saturated rings. The van der Waals surface area contributed by atoms with E-state index >= 15 is 0 Å². The minimum atomic E-state index is 0.852. The second-order valence-electron chi connectivity index (χ2n) is 3.61. The van der Waals surface area contributed by atoms with Crippen molar-refractivity contribution in [2.24, 2.45) is 0 Å². The van der Waals surface area contributed by atoms with Crippen LogP contribution < -0.4 is 0 Å². The summed E-state index contributed by atoms with van der Waals surface area (Å²) in [6.07, 6.45) is 1.98. The Morgan fingerprint density at radius 2 is 1.88 bits per heavy atom. The van der Waals surface area contributed by atoms with Crippen LogP contribution in [0.4, 0.5) is 0 Å². The Labute approximate surface area is 104 Å². The lowest BCUT2D eigenvalue weighted by Crippen LogP contribution is -1.96. The van der Waals surface area contributed by atoms with E-state index < -0.39 is 0 Å². The lowest BCUT2D eigenvalue weighted by molar-refractivity contribution is 0.831. The molecule has 1 aromatic heterocycles. The van der Waals surface area contributed by atoms with Crippen molar-refractivity contribution in [3.63, 3.8) is 0 Å². The van der Waals surface area contributed by atoms with Gasteiger partial charge in [0.1, 0.15) is 10.4 Å². The maximum atomic E-state index is 4.55. The normalized spacial score (nSPS) is 10.4. The van der Waals surface area contributed by atoms with Gasteiger partial charge in [-0.05, 0) is 28.4 Å². The summed E-state index contributed by atoms with van der Waals surface area (Å²) < 4.78 is 0.852. The molecule has 3 heteroatoms. The van der Waals surface area contributed by atoms with Crippen LogP contribution in [0.3, 0.4) is 0 Å². The molecule has 2 aromatic rings. The molecular weight excluding hydrogens is 264 g/mol. The average Bonchev–Trinajstić information content (AvgIpc) is 2.30. The second-order valence-corrected chi connectivity index (χ2v) is 4.42. The topological polar surface area (TPSA) is 25.8 Å². The third kappa shape index (κ3) is 2.67. The van der Waals surface area contributed by atoms with Gasteiger partial charge in [-0.25, -0.2) is 9.97 Å². The van der Waals surface area contributed by atoms with Crippen molar-refractivity contribution in [3.05, 3.63) is 46.8 Å². The fourth-order valence-corrected chi connectivity index (χ4v) is 1.98. The molecule has 0 N–H and O–H groups in total. The highest BCUT2D eigenvalue weighted by molar-refractivity contribution is 9.10. The Balaban J connectivity index is 2.41. The summed E-state index contributed by atoms with van der Waals surface area (Å²) >= 11 is 3.43. The van der Waals surface area contributed by atoms with Crippen molar-refractivity contribution in [3.8, 4) is 11.3 Å². The van der Waals surface area contributed by atoms with Gasteiger partial charge in [0.2, 0.25) is 0 Å². The van der Waals surface area contributed by atoms with Gasteiger partial charge in [-0.15, -0.1) is 0 Å². The molecule has 2 rings (SSSR count). The predicted molar refractivity (Wildman–Crippen MR) is 69.2 cm³/mol. The van der Waals surface area contributed by atoms with Crippen LogP contribution in [-0.2, 0) is 6.42 Å². The van der Waals surface area contributed by atoms with Crippen LogP contribution in [0.15, 0.2) is 41.0 Å². The predicted octanol–water partition coefficient (Wildman–Crippen LogP) is 3.86. The maximum Gasteiger partial charge on any atom is 0.130 e. The molecule has 0 saturated heterocycles. The standard InChI is InChI=1S/C13H13BrN2/c1-2-6-13-15-11(9-12(14)16-13)10-7-4-3-5-8-10/h3-5,7-9H,2,6H2,1H3. The van der Waals surface area contributed by atoms with E-state index in [1.807, 2.05) is 24.3 Å². The smallest absolute Gasteiger partial charge is 0.130 e. The summed E-state index contributed by atoms with van der Waals surface area (Å²) in [7, 11) is 0. The van der Waals surface area contributed by atoms with Gasteiger partial charge in [0.25, 0.3) is 0 Å². The van der Waals surface area contributed by atoms with Gasteiger partial charge in [-0.2, -0.15) is 0 Å². The SMILES string of the molecule is CCCc1nc(Br)cc(-c2ccccc2)n1. The van der Waals surface area contributed by atoms with E-state index in [4.69, 9.17) is 0 Å². The van der Waals surface area contributed by atoms with Crippen molar-refractivity contribution in [1.82, 2.24) is 9.97 Å². The van der Waals surface area contributed by atoms with E-state index in [2.05, 4.69) is 45.0 Å². The van der Waals surface area contributed by atoms with Crippen LogP contribution in [0.1, 0.15) is 19.2 Å². The van der Waals surface area contributed by atoms with Gasteiger partial charge >= 0.3 is 0 Å². The van der Waals surface area contributed by atoms with Crippen molar-refractivity contribution < 1.29 is 0 Å². The van der Waals surface area contributed by atoms with E-state index in [0.29, 0.717) is 0 Å². The van der Waals surface area contributed by atoms with E-state index in [0.717, 1.165) is 34.5 Å². The fraction of sp³-hybridized carbons (Fsp3) is 0.231. The van der Waals surface area contributed by atoms with Crippen LogP contribution >= 0.6 is 15.9 Å². The minimum Gasteiger partial charge on any atom is -0.233 e. The second kappa shape index (κ2) is 5.21. The molecule has 2 nitrogen and oxygen atoms in total. The molecule has 0 saturated carbocycles. The number of hydrogen-bond donors (Lipinski definition) is 0. The third-order valence-corrected chi connectivity index (χ3v) is 2.69. The highest BCUT2D eigenvalue weighted by Gasteiger charge is 2.04. The van der Waals surface area contributed by atoms with Crippen LogP contribution in [0, 0.1) is 0 Å². The largest absolute Gasteiger partial charge is 0.233 e. The zero-order chi connectivity index (χ0) is 11.4. The highest BCUT2D eigenvalue weighted by atomic mass is 79.9. The van der Waals surface area contributed by atoms with E-state index in [1.54, 1.807) is 0 Å². The molecule has 0 spiro atoms. The number of hydrogen-bond acceptors (Lipinski definition) is 2. The molecular formula is C13H13BrN2. The number of rotatable bonds is 3. The summed E-state index contributed by atoms with van der Waals surface area (Å²) in [5.74, 6) is 0.899. The van der Waals surface area contributed by atoms with E-state index in [1.165, 1.54) is 0 Å². The first-order chi connectivity index (χ1) is 7.79. The molecule has 0 radical (unpaired) electrons. The Morgan fingerprint density at radius 3 is 2.56 bits per heavy atom. The van der Waals surface area contributed by atoms with E-state index in [-0.39, 0.29) is 0 Å². The Hall–Kier alpha value is -1.22. The summed E-state index contributed by atoms with van der Waals surface area (Å²) in [6.45, 7) is 2.13. The lowest BCUT2D eigenvalue weighted by Gasteiger charge is -2.04. The highest BCUT2D eigenvalue weighted by Crippen LogP contribution is 2.20. The zero-order valence-electron chi connectivity index (χ0n) is 9.15. The van der Waals surface area contributed by atoms with Gasteiger partial charge < -0.3 is 0 Å². The van der Waals surface area contributed by atoms with Gasteiger partial charge in [-0.1, -0.05) is 37.3 Å². The molecule has 0 aliphatic carbocycles. The molecule has 82 valence electrons. The molecule has 0 unspecified atom stereocenters. The maximum absolute atomic E-state index is 4.55. The molecule has 0 atom stereocenters. The molecule has 1 heterocycles. The number of benzene rings is 1. The average molecular weight is 277 g/mol. The van der Waals surface area contributed by atoms with Gasteiger partial charge in [0, 0.05) is 12.0 Å². The monoisotopic (exact) mass is 276 g/mol. The number of halogens is 1. The van der Waals surface area contributed by atoms with Gasteiger partial charge in [0.15, 0.2) is 0 Å². The van der Waals surface area contributed by atoms with E-state index in [9.17, 15) is 0 Å². The first-order valence-corrected chi connectivity index (χ1v) is 6.18. The van der Waals surface area contributed by atoms with Crippen molar-refractivity contribution in [1.29, 1.82) is 0 Å². The zero-order valence-corrected chi connectivity index (χ0v) is 10.7. The first-order valence-electron chi connectivity index (χ1n) is 5.38. The van der Waals surface area contributed by atoms with Crippen LogP contribution in [0.5, 0.6) is 0 Å². The molecule has 0 aliphatic rings. The summed E-state index contributed by atoms with van der Waals surface area (Å²) in [4.78, 5) is 8.91. The summed E-state index contributed by atoms with van der Waals surface area (Å²) in [5, 5.41) is 0. The summed E-state index contributed by atoms with van der Waals surface area (Å²) in [6, 6.07) is 12.1. The van der Waals surface area contributed by atoms with Crippen molar-refractivity contribution in [2.75, 3.05) is 0 Å². The molecule has 0 aliphatic heterocycles. The molecule has 0 bridgehead atoms. The van der Waals surface area contributed by atoms with Gasteiger partial charge in [0.05, 0.1) is 5.69 Å². The third-order valence-electron chi connectivity index (χ3n) is 2.28. The summed E-state index contributed by atoms with van der Waals surface area (Å²) in [5.41, 5.74) is 2.11. The van der Waals surface area contributed by atoms with Crippen molar-refractivity contribution in [2.45, 2.75) is 19.8 Å². The Bertz CT molecular complexity index is 469. The Kier molecular flexibility index (Phi) is 3.67. The first kappa shape index (κ1) is 11.3. The van der Waals surface area contributed by atoms with Crippen molar-refractivity contribution >= 4 is 15.9 Å². The molecule has 0 amide bonds. The van der Waals surface area contributed by atoms with Crippen LogP contribution in [0.25, 0.3) is 11.3 Å². The number of aromatic nitrogens is 2. The molecule has 1 aromatic carbocycles. The quantitative estimate of drug-likeness (QED) is 0.796. The molecule has 16 heavy (non-hydrogen) atoms. The fourth-order valence-electron chi connectivity index (χ4n) is 1.56. The Morgan fingerprint density at radius 1 is 1.12 bits per heavy atom. The number of aryl methyl sites for hydroxylation is 1. The number of nitrogens with zero attached hydrogens (tertiary/aromatic N) is 2. The lowest BCUT2D eigenvalue weighted by atomic mass is 10.1. The van der Waals surface area contributed by atoms with Crippen LogP contribution in [-0.4, -0.2) is 9.97 Å². The minimum absolute atomic E-state index is 0.852. The van der Waals surface area contributed by atoms with Crippen LogP contribution in [0.2, 0.25) is 0 Å². The van der Waals surface area contributed by atoms with Gasteiger partial charge in [-0.3, -0.25) is 0 Å².